The standard InChI is InChI=1S/C8H10OSi/c1-7-4-3-5-8(6-7)9-10-2/h3-6H,1-2H3. The highest BCUT2D eigenvalue weighted by atomic mass is 28.2. The quantitative estimate of drug-likeness (QED) is 0.586. The summed E-state index contributed by atoms with van der Waals surface area (Å²) in [5, 5.41) is 0. The van der Waals surface area contributed by atoms with Crippen LogP contribution < -0.4 is 4.43 Å². The lowest BCUT2D eigenvalue weighted by molar-refractivity contribution is 0.599. The van der Waals surface area contributed by atoms with Crippen LogP contribution in [0.5, 0.6) is 5.75 Å². The summed E-state index contributed by atoms with van der Waals surface area (Å²) in [4.78, 5) is 0. The van der Waals surface area contributed by atoms with E-state index in [1.807, 2.05) is 24.7 Å². The molecule has 0 heterocycles. The summed E-state index contributed by atoms with van der Waals surface area (Å²) in [6.45, 7) is 4.08. The molecule has 0 aromatic heterocycles. The highest BCUT2D eigenvalue weighted by Crippen LogP contribution is 2.11. The molecule has 0 bridgehead atoms. The first-order valence-corrected chi connectivity index (χ1v) is 4.64. The van der Waals surface area contributed by atoms with Crippen LogP contribution in [0.3, 0.4) is 0 Å². The zero-order valence-corrected chi connectivity index (χ0v) is 7.22. The van der Waals surface area contributed by atoms with Crippen molar-refractivity contribution in [1.29, 1.82) is 0 Å². The lowest BCUT2D eigenvalue weighted by atomic mass is 10.2. The second-order valence-corrected chi connectivity index (χ2v) is 2.74. The maximum absolute atomic E-state index is 5.31. The zero-order chi connectivity index (χ0) is 7.40. The van der Waals surface area contributed by atoms with Crippen molar-refractivity contribution in [3.63, 3.8) is 0 Å². The molecular formula is C8H10OSi. The normalized spacial score (nSPS) is 9.40. The third-order valence-electron chi connectivity index (χ3n) is 1.21. The lowest BCUT2D eigenvalue weighted by Gasteiger charge is -2.01. The Morgan fingerprint density at radius 3 is 2.80 bits per heavy atom. The Morgan fingerprint density at radius 2 is 2.20 bits per heavy atom. The van der Waals surface area contributed by atoms with Crippen LogP contribution in [-0.4, -0.2) is 9.76 Å². The monoisotopic (exact) mass is 150 g/mol. The van der Waals surface area contributed by atoms with Gasteiger partial charge in [-0.05, 0) is 31.2 Å². The van der Waals surface area contributed by atoms with E-state index < -0.39 is 0 Å². The predicted octanol–water partition coefficient (Wildman–Crippen LogP) is 2.04. The molecule has 52 valence electrons. The minimum Gasteiger partial charge on any atom is -0.541 e. The SMILES string of the molecule is C[Si]Oc1cccc(C)c1. The van der Waals surface area contributed by atoms with E-state index in [0.717, 1.165) is 5.75 Å². The van der Waals surface area contributed by atoms with E-state index >= 15 is 0 Å². The molecule has 0 aliphatic carbocycles. The average Bonchev–Trinajstić information content (AvgIpc) is 1.88. The lowest BCUT2D eigenvalue weighted by Crippen LogP contribution is -1.94. The van der Waals surface area contributed by atoms with E-state index in [-0.39, 0.29) is 0 Å². The molecule has 0 unspecified atom stereocenters. The van der Waals surface area contributed by atoms with Crippen molar-refractivity contribution in [3.05, 3.63) is 29.8 Å². The molecule has 0 atom stereocenters. The number of hydrogen-bond donors (Lipinski definition) is 0. The van der Waals surface area contributed by atoms with Crippen LogP contribution in [0.4, 0.5) is 0 Å². The summed E-state index contributed by atoms with van der Waals surface area (Å²) in [6, 6.07) is 8.08. The summed E-state index contributed by atoms with van der Waals surface area (Å²) in [5.41, 5.74) is 1.25. The molecule has 0 amide bonds. The molecule has 1 rings (SSSR count). The molecule has 2 radical (unpaired) electrons. The van der Waals surface area contributed by atoms with Crippen LogP contribution in [0, 0.1) is 6.92 Å². The van der Waals surface area contributed by atoms with Crippen LogP contribution in [-0.2, 0) is 0 Å². The fraction of sp³-hybridized carbons (Fsp3) is 0.250. The fourth-order valence-corrected chi connectivity index (χ4v) is 1.16. The Labute approximate surface area is 64.0 Å². The van der Waals surface area contributed by atoms with E-state index in [4.69, 9.17) is 4.43 Å². The van der Waals surface area contributed by atoms with Crippen LogP contribution >= 0.6 is 0 Å². The summed E-state index contributed by atoms with van der Waals surface area (Å²) in [5.74, 6) is 0.973. The summed E-state index contributed by atoms with van der Waals surface area (Å²) >= 11 is 0. The van der Waals surface area contributed by atoms with Crippen molar-refractivity contribution in [1.82, 2.24) is 0 Å². The zero-order valence-electron chi connectivity index (χ0n) is 6.22. The Balaban J connectivity index is 2.75. The maximum Gasteiger partial charge on any atom is 0.307 e. The van der Waals surface area contributed by atoms with E-state index in [1.54, 1.807) is 0 Å². The molecular weight excluding hydrogens is 140 g/mol. The van der Waals surface area contributed by atoms with Gasteiger partial charge in [0, 0.05) is 0 Å². The third-order valence-corrected chi connectivity index (χ3v) is 1.65. The minimum absolute atomic E-state index is 0.532. The van der Waals surface area contributed by atoms with Crippen LogP contribution in [0.15, 0.2) is 24.3 Å². The molecule has 10 heavy (non-hydrogen) atoms. The summed E-state index contributed by atoms with van der Waals surface area (Å²) < 4.78 is 5.31. The number of hydrogen-bond acceptors (Lipinski definition) is 1. The predicted molar refractivity (Wildman–Crippen MR) is 43.4 cm³/mol. The maximum atomic E-state index is 5.31. The van der Waals surface area contributed by atoms with Gasteiger partial charge >= 0.3 is 9.76 Å². The van der Waals surface area contributed by atoms with Crippen molar-refractivity contribution >= 4 is 9.76 Å². The fourth-order valence-electron chi connectivity index (χ4n) is 0.797. The van der Waals surface area contributed by atoms with E-state index in [0.29, 0.717) is 9.76 Å². The largest absolute Gasteiger partial charge is 0.541 e. The minimum atomic E-state index is 0.532. The summed E-state index contributed by atoms with van der Waals surface area (Å²) in [7, 11) is 0.532. The Morgan fingerprint density at radius 1 is 1.40 bits per heavy atom. The van der Waals surface area contributed by atoms with Gasteiger partial charge < -0.3 is 4.43 Å². The van der Waals surface area contributed by atoms with Crippen molar-refractivity contribution in [2.24, 2.45) is 0 Å². The first kappa shape index (κ1) is 7.35. The van der Waals surface area contributed by atoms with Gasteiger partial charge in [0.25, 0.3) is 0 Å². The highest BCUT2D eigenvalue weighted by molar-refractivity contribution is 6.26. The van der Waals surface area contributed by atoms with Crippen LogP contribution in [0.2, 0.25) is 6.55 Å². The number of aryl methyl sites for hydroxylation is 1. The average molecular weight is 150 g/mol. The molecule has 0 fully saturated rings. The molecule has 0 saturated carbocycles. The smallest absolute Gasteiger partial charge is 0.307 e. The second kappa shape index (κ2) is 3.42. The van der Waals surface area contributed by atoms with Gasteiger partial charge in [-0.3, -0.25) is 0 Å². The topological polar surface area (TPSA) is 9.23 Å². The molecule has 0 aliphatic heterocycles. The van der Waals surface area contributed by atoms with Crippen molar-refractivity contribution in [2.75, 3.05) is 0 Å². The van der Waals surface area contributed by atoms with Gasteiger partial charge in [-0.15, -0.1) is 0 Å². The number of rotatable bonds is 2. The summed E-state index contributed by atoms with van der Waals surface area (Å²) in [6.07, 6.45) is 0. The van der Waals surface area contributed by atoms with Gasteiger partial charge in [0.05, 0.1) is 0 Å². The van der Waals surface area contributed by atoms with Gasteiger partial charge in [0.2, 0.25) is 0 Å². The van der Waals surface area contributed by atoms with Gasteiger partial charge in [0.15, 0.2) is 0 Å². The van der Waals surface area contributed by atoms with Crippen molar-refractivity contribution < 1.29 is 4.43 Å². The molecule has 0 spiro atoms. The molecule has 1 nitrogen and oxygen atoms in total. The van der Waals surface area contributed by atoms with Gasteiger partial charge in [-0.2, -0.15) is 0 Å². The molecule has 1 aromatic carbocycles. The van der Waals surface area contributed by atoms with E-state index in [2.05, 4.69) is 13.0 Å². The first-order chi connectivity index (χ1) is 4.83. The van der Waals surface area contributed by atoms with Crippen LogP contribution in [0.25, 0.3) is 0 Å². The van der Waals surface area contributed by atoms with Gasteiger partial charge in [-0.25, -0.2) is 0 Å². The Hall–Kier alpha value is -0.763. The molecule has 0 N–H and O–H groups in total. The molecule has 0 saturated heterocycles. The van der Waals surface area contributed by atoms with Gasteiger partial charge in [0.1, 0.15) is 5.75 Å². The Bertz CT molecular complexity index is 210. The van der Waals surface area contributed by atoms with Crippen molar-refractivity contribution in [2.45, 2.75) is 13.5 Å². The highest BCUT2D eigenvalue weighted by Gasteiger charge is 1.89. The second-order valence-electron chi connectivity index (χ2n) is 2.12. The van der Waals surface area contributed by atoms with Crippen LogP contribution in [0.1, 0.15) is 5.56 Å². The van der Waals surface area contributed by atoms with E-state index in [1.165, 1.54) is 5.56 Å². The van der Waals surface area contributed by atoms with E-state index in [9.17, 15) is 0 Å². The molecule has 1 aromatic rings. The third kappa shape index (κ3) is 1.88. The Kier molecular flexibility index (Phi) is 2.51. The molecule has 0 aliphatic rings. The first-order valence-electron chi connectivity index (χ1n) is 3.23. The molecule has 2 heteroatoms. The van der Waals surface area contributed by atoms with Crippen molar-refractivity contribution in [3.8, 4) is 5.75 Å². The number of benzene rings is 1. The van der Waals surface area contributed by atoms with Gasteiger partial charge in [-0.1, -0.05) is 12.1 Å².